The number of rotatable bonds is 9. The molecule has 3 aromatic carbocycles. The molecule has 0 aromatic heterocycles. The predicted octanol–water partition coefficient (Wildman–Crippen LogP) is 5.30. The Morgan fingerprint density at radius 1 is 0.974 bits per heavy atom. The van der Waals surface area contributed by atoms with Crippen LogP contribution in [0, 0.1) is 23.4 Å². The number of amides is 1. The number of para-hydroxylation sites is 1. The number of halogens is 3. The maximum atomic E-state index is 13.9. The third-order valence-electron chi connectivity index (χ3n) is 7.76. The molecule has 3 aliphatic rings. The van der Waals surface area contributed by atoms with Gasteiger partial charge in [0, 0.05) is 24.4 Å². The Kier molecular flexibility index (Phi) is 8.09. The maximum Gasteiger partial charge on any atom is 0.415 e. The van der Waals surface area contributed by atoms with Crippen molar-refractivity contribution >= 4 is 11.8 Å². The second kappa shape index (κ2) is 11.7. The Morgan fingerprint density at radius 2 is 1.69 bits per heavy atom. The van der Waals surface area contributed by atoms with E-state index >= 15 is 0 Å². The summed E-state index contributed by atoms with van der Waals surface area (Å²) in [4.78, 5) is 14.9. The van der Waals surface area contributed by atoms with Crippen molar-refractivity contribution in [2.75, 3.05) is 37.7 Å². The molecule has 6 nitrogen and oxygen atoms in total. The zero-order valence-corrected chi connectivity index (χ0v) is 21.5. The second-order valence-corrected chi connectivity index (χ2v) is 10.5. The molecular formula is C30H32F3N2O4+. The molecule has 0 aliphatic carbocycles. The fourth-order valence-electron chi connectivity index (χ4n) is 5.72. The molecule has 1 amide bonds. The van der Waals surface area contributed by atoms with E-state index in [1.54, 1.807) is 24.3 Å². The Bertz CT molecular complexity index is 1270. The van der Waals surface area contributed by atoms with E-state index in [9.17, 15) is 23.1 Å². The van der Waals surface area contributed by atoms with Crippen molar-refractivity contribution in [3.8, 4) is 5.75 Å². The van der Waals surface area contributed by atoms with Crippen LogP contribution in [0.15, 0.2) is 72.8 Å². The number of quaternary nitrogens is 1. The van der Waals surface area contributed by atoms with Crippen molar-refractivity contribution in [3.05, 3.63) is 95.8 Å². The van der Waals surface area contributed by atoms with E-state index in [0.29, 0.717) is 34.6 Å². The molecular weight excluding hydrogens is 509 g/mol. The molecule has 3 aliphatic heterocycles. The Balaban J connectivity index is 1.24. The van der Waals surface area contributed by atoms with E-state index in [0.717, 1.165) is 38.1 Å². The molecule has 0 spiro atoms. The molecule has 0 saturated carbocycles. The van der Waals surface area contributed by atoms with Gasteiger partial charge in [0.2, 0.25) is 0 Å². The summed E-state index contributed by atoms with van der Waals surface area (Å²) in [6, 6.07) is 18.2. The van der Waals surface area contributed by atoms with Crippen LogP contribution in [0.2, 0.25) is 0 Å². The average molecular weight is 542 g/mol. The van der Waals surface area contributed by atoms with Gasteiger partial charge in [-0.05, 0) is 54.1 Å². The Morgan fingerprint density at radius 3 is 2.38 bits per heavy atom. The van der Waals surface area contributed by atoms with E-state index in [1.807, 2.05) is 6.07 Å². The summed E-state index contributed by atoms with van der Waals surface area (Å²) < 4.78 is 52.8. The lowest BCUT2D eigenvalue weighted by Crippen LogP contribution is -2.66. The molecule has 0 radical (unpaired) electrons. The van der Waals surface area contributed by atoms with Gasteiger partial charge in [-0.25, -0.2) is 18.0 Å². The zero-order chi connectivity index (χ0) is 27.4. The minimum Gasteiger partial charge on any atom is -0.491 e. The van der Waals surface area contributed by atoms with Gasteiger partial charge in [0.1, 0.15) is 37.4 Å². The predicted molar refractivity (Wildman–Crippen MR) is 140 cm³/mol. The lowest BCUT2D eigenvalue weighted by atomic mass is 9.83. The smallest absolute Gasteiger partial charge is 0.415 e. The molecule has 206 valence electrons. The van der Waals surface area contributed by atoms with Gasteiger partial charge >= 0.3 is 6.09 Å². The van der Waals surface area contributed by atoms with Crippen LogP contribution in [0.3, 0.4) is 0 Å². The topological polar surface area (TPSA) is 59.0 Å². The zero-order valence-electron chi connectivity index (χ0n) is 21.5. The average Bonchev–Trinajstić information content (AvgIpc) is 2.94. The molecule has 3 fully saturated rings. The lowest BCUT2D eigenvalue weighted by Gasteiger charge is -2.52. The number of nitrogens with zero attached hydrogens (tertiary/aromatic N) is 2. The number of anilines is 1. The number of benzene rings is 3. The van der Waals surface area contributed by atoms with Crippen LogP contribution in [-0.2, 0) is 11.3 Å². The number of carbonyl (C=O) groups excluding carboxylic acids is 1. The van der Waals surface area contributed by atoms with Gasteiger partial charge in [0.25, 0.3) is 0 Å². The highest BCUT2D eigenvalue weighted by molar-refractivity contribution is 5.87. The number of aliphatic hydroxyl groups excluding tert-OH is 1. The lowest BCUT2D eigenvalue weighted by molar-refractivity contribution is -0.948. The van der Waals surface area contributed by atoms with Crippen LogP contribution in [0.1, 0.15) is 18.4 Å². The van der Waals surface area contributed by atoms with E-state index < -0.39 is 23.8 Å². The van der Waals surface area contributed by atoms with E-state index in [-0.39, 0.29) is 31.0 Å². The van der Waals surface area contributed by atoms with Gasteiger partial charge in [-0.3, -0.25) is 4.90 Å². The quantitative estimate of drug-likeness (QED) is 0.374. The van der Waals surface area contributed by atoms with Gasteiger partial charge < -0.3 is 19.1 Å². The SMILES string of the molecule is O=C(O[C@H]1C[N+]2(CC(O)COc3ccc(F)cc3)CCC1CC2)N(Cc1ccc(F)c(F)c1)c1ccccc1. The van der Waals surface area contributed by atoms with Crippen molar-refractivity contribution in [2.45, 2.75) is 31.6 Å². The number of ether oxygens (including phenoxy) is 2. The van der Waals surface area contributed by atoms with Gasteiger partial charge in [0.15, 0.2) is 17.7 Å². The highest BCUT2D eigenvalue weighted by Crippen LogP contribution is 2.36. The molecule has 3 heterocycles. The van der Waals surface area contributed by atoms with Gasteiger partial charge in [-0.2, -0.15) is 0 Å². The van der Waals surface area contributed by atoms with Crippen LogP contribution in [0.5, 0.6) is 5.75 Å². The summed E-state index contributed by atoms with van der Waals surface area (Å²) in [5.41, 5.74) is 1.03. The minimum atomic E-state index is -0.973. The highest BCUT2D eigenvalue weighted by atomic mass is 19.2. The largest absolute Gasteiger partial charge is 0.491 e. The third-order valence-corrected chi connectivity index (χ3v) is 7.76. The summed E-state index contributed by atoms with van der Waals surface area (Å²) in [6.07, 6.45) is 0.121. The van der Waals surface area contributed by atoms with Crippen molar-refractivity contribution in [1.29, 1.82) is 0 Å². The van der Waals surface area contributed by atoms with Crippen molar-refractivity contribution in [1.82, 2.24) is 0 Å². The molecule has 1 N–H and O–H groups in total. The first-order valence-corrected chi connectivity index (χ1v) is 13.2. The highest BCUT2D eigenvalue weighted by Gasteiger charge is 2.48. The van der Waals surface area contributed by atoms with Crippen LogP contribution in [0.4, 0.5) is 23.7 Å². The van der Waals surface area contributed by atoms with Crippen LogP contribution in [-0.4, -0.2) is 60.7 Å². The Hall–Kier alpha value is -3.56. The summed E-state index contributed by atoms with van der Waals surface area (Å²) >= 11 is 0. The summed E-state index contributed by atoms with van der Waals surface area (Å²) in [5, 5.41) is 10.8. The molecule has 3 saturated heterocycles. The Labute approximate surface area is 225 Å². The molecule has 9 heteroatoms. The van der Waals surface area contributed by atoms with Crippen molar-refractivity contribution in [3.63, 3.8) is 0 Å². The number of hydrogen-bond donors (Lipinski definition) is 1. The summed E-state index contributed by atoms with van der Waals surface area (Å²) in [7, 11) is 0. The fraction of sp³-hybridized carbons (Fsp3) is 0.367. The van der Waals surface area contributed by atoms with Crippen LogP contribution in [0.25, 0.3) is 0 Å². The molecule has 3 aromatic rings. The number of fused-ring (bicyclic) bond motifs is 3. The first-order chi connectivity index (χ1) is 18.8. The molecule has 2 bridgehead atoms. The summed E-state index contributed by atoms with van der Waals surface area (Å²) in [5.74, 6) is -1.56. The normalized spacial score (nSPS) is 22.8. The molecule has 1 unspecified atom stereocenters. The minimum absolute atomic E-state index is 0.0247. The van der Waals surface area contributed by atoms with Crippen molar-refractivity contribution < 1.29 is 37.0 Å². The van der Waals surface area contributed by atoms with Gasteiger partial charge in [-0.1, -0.05) is 24.3 Å². The van der Waals surface area contributed by atoms with Crippen LogP contribution < -0.4 is 9.64 Å². The standard InChI is InChI=1S/C30H32F3N2O4/c31-23-7-9-26(10-8-23)38-20-25(36)18-35-14-12-22(13-15-35)29(19-35)39-30(37)34(24-4-2-1-3-5-24)17-21-6-11-27(32)28(33)16-21/h1-11,16,22,25,29,36H,12-15,17-20H2/q+1/t22?,25?,29-,35?/m0/s1. The number of hydrogen-bond acceptors (Lipinski definition) is 4. The van der Waals surface area contributed by atoms with Crippen molar-refractivity contribution in [2.24, 2.45) is 5.92 Å². The van der Waals surface area contributed by atoms with Crippen LogP contribution >= 0.6 is 0 Å². The van der Waals surface area contributed by atoms with Gasteiger partial charge in [0.05, 0.1) is 19.6 Å². The van der Waals surface area contributed by atoms with E-state index in [2.05, 4.69) is 0 Å². The fourth-order valence-corrected chi connectivity index (χ4v) is 5.72. The maximum absolute atomic E-state index is 13.9. The summed E-state index contributed by atoms with van der Waals surface area (Å²) in [6.45, 7) is 2.90. The number of carbonyl (C=O) groups is 1. The number of piperidine rings is 3. The monoisotopic (exact) mass is 541 g/mol. The number of aliphatic hydroxyl groups is 1. The molecule has 2 atom stereocenters. The first kappa shape index (κ1) is 27.0. The molecule has 6 rings (SSSR count). The van der Waals surface area contributed by atoms with Gasteiger partial charge in [-0.15, -0.1) is 0 Å². The molecule has 39 heavy (non-hydrogen) atoms. The van der Waals surface area contributed by atoms with E-state index in [1.165, 1.54) is 35.2 Å². The third kappa shape index (κ3) is 6.54. The second-order valence-electron chi connectivity index (χ2n) is 10.5. The first-order valence-electron chi connectivity index (χ1n) is 13.2. The van der Waals surface area contributed by atoms with E-state index in [4.69, 9.17) is 9.47 Å².